The molecule has 116 valence electrons. The summed E-state index contributed by atoms with van der Waals surface area (Å²) in [6.07, 6.45) is 5.33. The van der Waals surface area contributed by atoms with Crippen LogP contribution in [0.2, 0.25) is 0 Å². The minimum Gasteiger partial charge on any atom is -0.348 e. The van der Waals surface area contributed by atoms with Gasteiger partial charge in [0, 0.05) is 34.8 Å². The van der Waals surface area contributed by atoms with Crippen molar-refractivity contribution < 1.29 is 9.00 Å². The zero-order valence-electron chi connectivity index (χ0n) is 12.5. The molecule has 4 unspecified atom stereocenters. The number of hydrogen-bond acceptors (Lipinski definition) is 3. The molecule has 1 aliphatic rings. The topological polar surface area (TPSA) is 72.2 Å². The maximum Gasteiger partial charge on any atom is 0.223 e. The molecule has 21 heavy (non-hydrogen) atoms. The number of benzene rings is 1. The third-order valence-corrected chi connectivity index (χ3v) is 4.81. The van der Waals surface area contributed by atoms with Gasteiger partial charge in [0.05, 0.1) is 6.04 Å². The first-order valence-corrected chi connectivity index (χ1v) is 9.20. The van der Waals surface area contributed by atoms with Gasteiger partial charge in [0.25, 0.3) is 0 Å². The maximum absolute atomic E-state index is 12.4. The van der Waals surface area contributed by atoms with Crippen molar-refractivity contribution in [1.29, 1.82) is 0 Å². The second-order valence-electron chi connectivity index (χ2n) is 5.84. The molecule has 0 heterocycles. The van der Waals surface area contributed by atoms with Crippen LogP contribution in [0.1, 0.15) is 37.3 Å². The largest absolute Gasteiger partial charge is 0.348 e. The molecule has 0 radical (unpaired) electrons. The molecule has 4 nitrogen and oxygen atoms in total. The molecule has 4 atom stereocenters. The number of carbonyl (C=O) groups excluding carboxylic acids is 1. The minimum absolute atomic E-state index is 0.00902. The summed E-state index contributed by atoms with van der Waals surface area (Å²) < 4.78 is 11.6. The van der Waals surface area contributed by atoms with E-state index in [2.05, 4.69) is 5.32 Å². The van der Waals surface area contributed by atoms with Crippen LogP contribution >= 0.6 is 0 Å². The van der Waals surface area contributed by atoms with Gasteiger partial charge >= 0.3 is 0 Å². The molecule has 1 aromatic carbocycles. The Balaban J connectivity index is 2.04. The number of nitrogens with one attached hydrogen (secondary N) is 1. The first kappa shape index (κ1) is 16.2. The van der Waals surface area contributed by atoms with Gasteiger partial charge in [-0.25, -0.2) is 0 Å². The van der Waals surface area contributed by atoms with Crippen molar-refractivity contribution in [3.05, 3.63) is 35.9 Å². The van der Waals surface area contributed by atoms with E-state index in [9.17, 15) is 9.00 Å². The van der Waals surface area contributed by atoms with Gasteiger partial charge in [-0.2, -0.15) is 0 Å². The third kappa shape index (κ3) is 4.93. The quantitative estimate of drug-likeness (QED) is 0.870. The van der Waals surface area contributed by atoms with Gasteiger partial charge in [-0.3, -0.25) is 9.00 Å². The van der Waals surface area contributed by atoms with E-state index in [0.29, 0.717) is 5.75 Å². The molecule has 0 aromatic heterocycles. The standard InChI is InChI=1S/C16H24N2O2S/c1-21(20)11-15(12-6-3-2-4-7-12)18-16(19)13-8-5-9-14(17)10-13/h2-4,6-7,13-15H,5,8-11,17H2,1H3,(H,18,19). The zero-order valence-corrected chi connectivity index (χ0v) is 13.3. The Labute approximate surface area is 129 Å². The fourth-order valence-electron chi connectivity index (χ4n) is 2.90. The van der Waals surface area contributed by atoms with Gasteiger partial charge in [0.15, 0.2) is 0 Å². The lowest BCUT2D eigenvalue weighted by atomic mass is 9.85. The fourth-order valence-corrected chi connectivity index (χ4v) is 3.64. The Bertz CT molecular complexity index is 492. The van der Waals surface area contributed by atoms with Gasteiger partial charge < -0.3 is 11.1 Å². The number of hydrogen-bond donors (Lipinski definition) is 2. The first-order valence-electron chi connectivity index (χ1n) is 7.47. The number of nitrogens with two attached hydrogens (primary N) is 1. The second-order valence-corrected chi connectivity index (χ2v) is 7.32. The summed E-state index contributed by atoms with van der Waals surface area (Å²) >= 11 is 0. The van der Waals surface area contributed by atoms with E-state index < -0.39 is 10.8 Å². The molecule has 2 rings (SSSR count). The monoisotopic (exact) mass is 308 g/mol. The lowest BCUT2D eigenvalue weighted by molar-refractivity contribution is -0.126. The van der Waals surface area contributed by atoms with Crippen molar-refractivity contribution in [2.45, 2.75) is 37.8 Å². The normalized spacial score (nSPS) is 25.0. The summed E-state index contributed by atoms with van der Waals surface area (Å²) in [7, 11) is -0.964. The average molecular weight is 308 g/mol. The Morgan fingerprint density at radius 1 is 1.38 bits per heavy atom. The van der Waals surface area contributed by atoms with E-state index in [1.165, 1.54) is 0 Å². The zero-order chi connectivity index (χ0) is 15.2. The first-order chi connectivity index (χ1) is 10.1. The van der Waals surface area contributed by atoms with Crippen molar-refractivity contribution >= 4 is 16.7 Å². The molecule has 1 amide bonds. The number of rotatable bonds is 5. The van der Waals surface area contributed by atoms with Crippen molar-refractivity contribution in [2.24, 2.45) is 11.7 Å². The van der Waals surface area contributed by atoms with E-state index >= 15 is 0 Å². The van der Waals surface area contributed by atoms with Crippen LogP contribution in [-0.2, 0) is 15.6 Å². The smallest absolute Gasteiger partial charge is 0.223 e. The van der Waals surface area contributed by atoms with E-state index in [-0.39, 0.29) is 23.9 Å². The van der Waals surface area contributed by atoms with Crippen LogP contribution in [-0.4, -0.2) is 28.2 Å². The van der Waals surface area contributed by atoms with Gasteiger partial charge in [-0.05, 0) is 24.8 Å². The molecule has 1 fully saturated rings. The van der Waals surface area contributed by atoms with Crippen molar-refractivity contribution in [2.75, 3.05) is 12.0 Å². The van der Waals surface area contributed by atoms with E-state index in [1.807, 2.05) is 30.3 Å². The molecular formula is C16H24N2O2S. The Hall–Kier alpha value is -1.20. The van der Waals surface area contributed by atoms with Crippen LogP contribution in [0.15, 0.2) is 30.3 Å². The molecule has 0 aliphatic heterocycles. The molecule has 0 spiro atoms. The highest BCUT2D eigenvalue weighted by atomic mass is 32.2. The Morgan fingerprint density at radius 2 is 2.10 bits per heavy atom. The van der Waals surface area contributed by atoms with E-state index in [1.54, 1.807) is 6.26 Å². The summed E-state index contributed by atoms with van der Waals surface area (Å²) in [5.74, 6) is 0.476. The lowest BCUT2D eigenvalue weighted by Gasteiger charge is -2.28. The Morgan fingerprint density at radius 3 is 2.71 bits per heavy atom. The third-order valence-electron chi connectivity index (χ3n) is 4.01. The van der Waals surface area contributed by atoms with Gasteiger partial charge in [0.2, 0.25) is 5.91 Å². The molecular weight excluding hydrogens is 284 g/mol. The van der Waals surface area contributed by atoms with Crippen LogP contribution in [0.3, 0.4) is 0 Å². The molecule has 1 aliphatic carbocycles. The van der Waals surface area contributed by atoms with Crippen LogP contribution in [0.25, 0.3) is 0 Å². The summed E-state index contributed by atoms with van der Waals surface area (Å²) in [5, 5.41) is 3.07. The fraction of sp³-hybridized carbons (Fsp3) is 0.562. The van der Waals surface area contributed by atoms with E-state index in [4.69, 9.17) is 5.73 Å². The molecule has 1 aromatic rings. The van der Waals surface area contributed by atoms with Crippen LogP contribution < -0.4 is 11.1 Å². The predicted octanol–water partition coefficient (Wildman–Crippen LogP) is 1.74. The van der Waals surface area contributed by atoms with Crippen LogP contribution in [0.5, 0.6) is 0 Å². The highest BCUT2D eigenvalue weighted by Crippen LogP contribution is 2.24. The second kappa shape index (κ2) is 7.71. The van der Waals surface area contributed by atoms with Crippen LogP contribution in [0.4, 0.5) is 0 Å². The minimum atomic E-state index is -0.964. The summed E-state index contributed by atoms with van der Waals surface area (Å²) in [4.78, 5) is 12.4. The van der Waals surface area contributed by atoms with Gasteiger partial charge in [-0.15, -0.1) is 0 Å². The van der Waals surface area contributed by atoms with Gasteiger partial charge in [-0.1, -0.05) is 36.8 Å². The molecule has 5 heteroatoms. The number of amides is 1. The van der Waals surface area contributed by atoms with Crippen molar-refractivity contribution in [1.82, 2.24) is 5.32 Å². The highest BCUT2D eigenvalue weighted by Gasteiger charge is 2.27. The van der Waals surface area contributed by atoms with Crippen molar-refractivity contribution in [3.8, 4) is 0 Å². The van der Waals surface area contributed by atoms with E-state index in [0.717, 1.165) is 31.2 Å². The molecule has 3 N–H and O–H groups in total. The highest BCUT2D eigenvalue weighted by molar-refractivity contribution is 7.84. The molecule has 0 saturated heterocycles. The number of carbonyl (C=O) groups is 1. The maximum atomic E-state index is 12.4. The predicted molar refractivity (Wildman–Crippen MR) is 86.2 cm³/mol. The van der Waals surface area contributed by atoms with Gasteiger partial charge in [0.1, 0.15) is 0 Å². The Kier molecular flexibility index (Phi) is 5.94. The average Bonchev–Trinajstić information content (AvgIpc) is 2.47. The lowest BCUT2D eigenvalue weighted by Crippen LogP contribution is -2.40. The summed E-state index contributed by atoms with van der Waals surface area (Å²) in [6, 6.07) is 9.67. The summed E-state index contributed by atoms with van der Waals surface area (Å²) in [5.41, 5.74) is 6.96. The SMILES string of the molecule is CS(=O)CC(NC(=O)C1CCCC(N)C1)c1ccccc1. The molecule has 0 bridgehead atoms. The van der Waals surface area contributed by atoms with Crippen molar-refractivity contribution in [3.63, 3.8) is 0 Å². The molecule has 1 saturated carbocycles. The van der Waals surface area contributed by atoms with Crippen LogP contribution in [0, 0.1) is 5.92 Å². The summed E-state index contributed by atoms with van der Waals surface area (Å²) in [6.45, 7) is 0.